The predicted octanol–water partition coefficient (Wildman–Crippen LogP) is 7.73. The molecule has 0 radical (unpaired) electrons. The molecule has 1 N–H and O–H groups in total. The van der Waals surface area contributed by atoms with Crippen LogP contribution in [-0.4, -0.2) is 28.8 Å². The fourth-order valence-corrected chi connectivity index (χ4v) is 5.63. The van der Waals surface area contributed by atoms with Gasteiger partial charge in [-0.15, -0.1) is 23.1 Å². The Morgan fingerprint density at radius 1 is 1.03 bits per heavy atom. The number of carbonyl (C=O) groups is 1. The van der Waals surface area contributed by atoms with Crippen LogP contribution in [0.25, 0.3) is 10.6 Å². The van der Waals surface area contributed by atoms with Crippen molar-refractivity contribution in [2.75, 3.05) is 6.61 Å². The minimum atomic E-state index is -4.40. The van der Waals surface area contributed by atoms with Crippen molar-refractivity contribution in [3.05, 3.63) is 101 Å². The molecule has 4 aromatic rings. The van der Waals surface area contributed by atoms with E-state index in [9.17, 15) is 18.0 Å². The zero-order valence-corrected chi connectivity index (χ0v) is 22.6. The van der Waals surface area contributed by atoms with E-state index in [1.54, 1.807) is 23.9 Å². The Hall–Kier alpha value is -3.34. The Morgan fingerprint density at radius 3 is 2.36 bits per heavy atom. The fraction of sp³-hybridized carbons (Fsp3) is 0.241. The summed E-state index contributed by atoms with van der Waals surface area (Å²) in [7, 11) is 0. The smallest absolute Gasteiger partial charge is 0.416 e. The van der Waals surface area contributed by atoms with Gasteiger partial charge in [0.2, 0.25) is 0 Å². The van der Waals surface area contributed by atoms with Gasteiger partial charge in [-0.3, -0.25) is 0 Å². The molecule has 0 spiro atoms. The number of thioether (sulfide) groups is 1. The third-order valence-electron chi connectivity index (χ3n) is 5.71. The topological polar surface area (TPSA) is 68.7 Å². The number of hydrogen-bond acceptors (Lipinski definition) is 6. The number of rotatable bonds is 12. The second-order valence-electron chi connectivity index (χ2n) is 8.61. The van der Waals surface area contributed by atoms with Crippen molar-refractivity contribution in [1.29, 1.82) is 0 Å². The van der Waals surface area contributed by atoms with Gasteiger partial charge in [0.1, 0.15) is 10.8 Å². The Kier molecular flexibility index (Phi) is 9.66. The number of benzene rings is 3. The first-order valence-electron chi connectivity index (χ1n) is 12.1. The van der Waals surface area contributed by atoms with Crippen molar-refractivity contribution in [3.8, 4) is 16.3 Å². The molecule has 4 rings (SSSR count). The van der Waals surface area contributed by atoms with E-state index in [-0.39, 0.29) is 0 Å². The molecule has 0 aliphatic carbocycles. The number of nitrogens with zero attached hydrogens (tertiary/aromatic N) is 1. The van der Waals surface area contributed by atoms with Crippen LogP contribution < -0.4 is 4.74 Å². The third-order valence-corrected chi connectivity index (χ3v) is 8.08. The average Bonchev–Trinajstić information content (AvgIpc) is 3.34. The van der Waals surface area contributed by atoms with E-state index in [0.29, 0.717) is 35.3 Å². The number of carboxylic acids is 1. The lowest BCUT2D eigenvalue weighted by Gasteiger charge is -2.10. The molecule has 1 aromatic heterocycles. The Balaban J connectivity index is 1.45. The van der Waals surface area contributed by atoms with E-state index in [1.807, 2.05) is 42.5 Å². The number of ether oxygens (including phenoxy) is 2. The first kappa shape index (κ1) is 28.7. The van der Waals surface area contributed by atoms with Crippen molar-refractivity contribution >= 4 is 29.1 Å². The Labute approximate surface area is 232 Å². The highest BCUT2D eigenvalue weighted by molar-refractivity contribution is 7.98. The highest BCUT2D eigenvalue weighted by Crippen LogP contribution is 2.36. The number of alkyl halides is 3. The molecule has 1 heterocycles. The van der Waals surface area contributed by atoms with Gasteiger partial charge >= 0.3 is 12.1 Å². The molecule has 0 saturated heterocycles. The average molecular weight is 574 g/mol. The van der Waals surface area contributed by atoms with Crippen LogP contribution in [0.5, 0.6) is 5.75 Å². The van der Waals surface area contributed by atoms with Crippen LogP contribution >= 0.6 is 23.1 Å². The molecule has 10 heteroatoms. The van der Waals surface area contributed by atoms with Crippen LogP contribution in [0.1, 0.15) is 28.6 Å². The van der Waals surface area contributed by atoms with Crippen LogP contribution in [0, 0.1) is 0 Å². The summed E-state index contributed by atoms with van der Waals surface area (Å²) < 4.78 is 50.3. The number of hydrogen-bond donors (Lipinski definition) is 1. The summed E-state index contributed by atoms with van der Waals surface area (Å²) in [5, 5.41) is 9.64. The monoisotopic (exact) mass is 573 g/mol. The zero-order chi connectivity index (χ0) is 27.8. The van der Waals surface area contributed by atoms with E-state index in [0.717, 1.165) is 34.0 Å². The maximum atomic E-state index is 13.0. The number of thiazole rings is 1. The van der Waals surface area contributed by atoms with Crippen LogP contribution in [-0.2, 0) is 34.5 Å². The fourth-order valence-electron chi connectivity index (χ4n) is 3.56. The largest absolute Gasteiger partial charge is 0.479 e. The summed E-state index contributed by atoms with van der Waals surface area (Å²) in [4.78, 5) is 17.6. The lowest BCUT2D eigenvalue weighted by atomic mass is 10.1. The quantitative estimate of drug-likeness (QED) is 0.138. The maximum absolute atomic E-state index is 13.0. The van der Waals surface area contributed by atoms with Gasteiger partial charge in [0.25, 0.3) is 0 Å². The lowest BCUT2D eigenvalue weighted by molar-refractivity contribution is -0.144. The maximum Gasteiger partial charge on any atom is 0.416 e. The Morgan fingerprint density at radius 2 is 1.72 bits per heavy atom. The zero-order valence-electron chi connectivity index (χ0n) is 21.0. The second-order valence-corrected chi connectivity index (χ2v) is 10.7. The van der Waals surface area contributed by atoms with Crippen LogP contribution in [0.2, 0.25) is 0 Å². The van der Waals surface area contributed by atoms with Gasteiger partial charge in [-0.1, -0.05) is 42.5 Å². The molecule has 0 saturated carbocycles. The third kappa shape index (κ3) is 8.32. The van der Waals surface area contributed by atoms with Crippen molar-refractivity contribution in [3.63, 3.8) is 0 Å². The van der Waals surface area contributed by atoms with E-state index in [1.165, 1.54) is 36.0 Å². The van der Waals surface area contributed by atoms with Gasteiger partial charge in [-0.05, 0) is 55.3 Å². The van der Waals surface area contributed by atoms with Crippen molar-refractivity contribution in [2.24, 2.45) is 0 Å². The highest BCUT2D eigenvalue weighted by Gasteiger charge is 2.30. The molecular weight excluding hydrogens is 547 g/mol. The van der Waals surface area contributed by atoms with Gasteiger partial charge in [0.05, 0.1) is 24.5 Å². The van der Waals surface area contributed by atoms with Gasteiger partial charge in [0.15, 0.2) is 6.10 Å². The predicted molar refractivity (Wildman–Crippen MR) is 146 cm³/mol. The highest BCUT2D eigenvalue weighted by atomic mass is 32.2. The summed E-state index contributed by atoms with van der Waals surface area (Å²) in [5.41, 5.74) is 1.84. The van der Waals surface area contributed by atoms with Gasteiger partial charge in [0, 0.05) is 21.1 Å². The van der Waals surface area contributed by atoms with Crippen LogP contribution in [0.3, 0.4) is 0 Å². The van der Waals surface area contributed by atoms with Crippen molar-refractivity contribution in [1.82, 2.24) is 4.98 Å². The summed E-state index contributed by atoms with van der Waals surface area (Å²) in [5.74, 6) is 0.00617. The summed E-state index contributed by atoms with van der Waals surface area (Å²) in [6.45, 7) is 2.27. The first-order chi connectivity index (χ1) is 18.7. The summed E-state index contributed by atoms with van der Waals surface area (Å²) in [6, 6.07) is 22.1. The molecule has 1 unspecified atom stereocenters. The van der Waals surface area contributed by atoms with Gasteiger partial charge in [-0.2, -0.15) is 13.2 Å². The number of halogens is 3. The molecule has 3 aromatic carbocycles. The first-order valence-corrected chi connectivity index (χ1v) is 13.9. The molecule has 0 aliphatic heterocycles. The molecule has 39 heavy (non-hydrogen) atoms. The molecule has 0 amide bonds. The minimum Gasteiger partial charge on any atom is -0.479 e. The number of carboxylic acid groups (broad SMARTS) is 1. The van der Waals surface area contributed by atoms with Crippen LogP contribution in [0.4, 0.5) is 13.2 Å². The van der Waals surface area contributed by atoms with Gasteiger partial charge < -0.3 is 14.6 Å². The lowest BCUT2D eigenvalue weighted by Crippen LogP contribution is -2.22. The second kappa shape index (κ2) is 13.1. The number of aliphatic carboxylic acids is 1. The standard InChI is InChI=1S/C29H26F3NO4S2/c1-19(28(34)35)37-23-11-13-24(14-12-23)38-18-26-25(17-36-16-15-20-5-3-2-4-6-20)33-27(39-26)21-7-9-22(10-8-21)29(30,31)32/h2-14,19H,15-18H2,1H3,(H,34,35). The van der Waals surface area contributed by atoms with E-state index >= 15 is 0 Å². The Bertz CT molecular complexity index is 1360. The molecule has 0 fully saturated rings. The molecule has 0 aliphatic rings. The molecule has 5 nitrogen and oxygen atoms in total. The van der Waals surface area contributed by atoms with Crippen molar-refractivity contribution in [2.45, 2.75) is 42.9 Å². The number of aromatic nitrogens is 1. The van der Waals surface area contributed by atoms with Gasteiger partial charge in [-0.25, -0.2) is 9.78 Å². The summed E-state index contributed by atoms with van der Waals surface area (Å²) in [6.07, 6.45) is -4.59. The van der Waals surface area contributed by atoms with Crippen LogP contribution in [0.15, 0.2) is 83.8 Å². The molecule has 0 bridgehead atoms. The van der Waals surface area contributed by atoms with Crippen molar-refractivity contribution < 1.29 is 32.5 Å². The van der Waals surface area contributed by atoms with E-state index < -0.39 is 23.8 Å². The van der Waals surface area contributed by atoms with E-state index in [4.69, 9.17) is 19.6 Å². The molecule has 1 atom stereocenters. The minimum absolute atomic E-state index is 0.291. The molecule has 204 valence electrons. The summed E-state index contributed by atoms with van der Waals surface area (Å²) >= 11 is 3.00. The SMILES string of the molecule is CC(Oc1ccc(SCc2sc(-c3ccc(C(F)(F)F)cc3)nc2COCCc2ccccc2)cc1)C(=O)O. The van der Waals surface area contributed by atoms with E-state index in [2.05, 4.69) is 0 Å². The normalized spacial score (nSPS) is 12.3. The molecular formula is C29H26F3NO4S2.